The number of hydrogen-bond acceptors (Lipinski definition) is 9. The fourth-order valence-corrected chi connectivity index (χ4v) is 5.46. The minimum atomic E-state index is -1.56. The zero-order valence-electron chi connectivity index (χ0n) is 20.3. The molecule has 1 aliphatic heterocycles. The standard InChI is InChI=1S/C24H23FN10O3/c1-12-8-34(11-28-12)16-7-27-22(35-9-14(6-26)29-21(16)35)30-18-2-15(32-33-18)20-19(25)17(10-37-20)38-23(36)31-24-3-13(4-24)5-24/h2,7-9,11,13,17,19-20H,3-5,10H2,1H3,(H,31,36)(H2,27,30,32,33)/t13?,17-,19+,20-,24?/m0/s1. The van der Waals surface area contributed by atoms with Crippen LogP contribution in [0, 0.1) is 24.2 Å². The van der Waals surface area contributed by atoms with Gasteiger partial charge in [-0.05, 0) is 32.1 Å². The molecule has 0 aromatic carbocycles. The number of anilines is 2. The van der Waals surface area contributed by atoms with Crippen LogP contribution in [0.1, 0.15) is 42.4 Å². The molecule has 0 spiro atoms. The van der Waals surface area contributed by atoms with Crippen LogP contribution < -0.4 is 10.6 Å². The van der Waals surface area contributed by atoms with E-state index in [1.54, 1.807) is 33.8 Å². The number of imidazole rings is 2. The second-order valence-corrected chi connectivity index (χ2v) is 10.2. The molecule has 14 heteroatoms. The fraction of sp³-hybridized carbons (Fsp3) is 0.417. The maximum atomic E-state index is 15.2. The lowest BCUT2D eigenvalue weighted by molar-refractivity contribution is -0.0528. The number of hydrogen-bond donors (Lipinski definition) is 3. The predicted molar refractivity (Wildman–Crippen MR) is 128 cm³/mol. The van der Waals surface area contributed by atoms with Gasteiger partial charge in [-0.15, -0.1) is 0 Å². The Balaban J connectivity index is 1.07. The smallest absolute Gasteiger partial charge is 0.408 e. The Hall–Kier alpha value is -4.51. The second kappa shape index (κ2) is 8.25. The Morgan fingerprint density at radius 1 is 1.34 bits per heavy atom. The molecule has 38 heavy (non-hydrogen) atoms. The van der Waals surface area contributed by atoms with E-state index >= 15 is 4.39 Å². The van der Waals surface area contributed by atoms with E-state index in [0.717, 1.165) is 25.0 Å². The molecule has 3 aliphatic carbocycles. The number of nitrogens with zero attached hydrogens (tertiary/aromatic N) is 7. The van der Waals surface area contributed by atoms with Crippen LogP contribution in [0.2, 0.25) is 0 Å². The number of nitrogens with one attached hydrogen (secondary N) is 3. The molecular weight excluding hydrogens is 495 g/mol. The first-order valence-corrected chi connectivity index (χ1v) is 12.3. The molecule has 4 aliphatic rings. The van der Waals surface area contributed by atoms with Gasteiger partial charge in [0.2, 0.25) is 5.95 Å². The number of fused-ring (bicyclic) bond motifs is 1. The van der Waals surface area contributed by atoms with Crippen LogP contribution in [0.15, 0.2) is 31.0 Å². The van der Waals surface area contributed by atoms with Gasteiger partial charge in [0.05, 0.1) is 36.7 Å². The van der Waals surface area contributed by atoms with Crippen molar-refractivity contribution < 1.29 is 18.7 Å². The number of carbonyl (C=O) groups excluding carboxylic acids is 1. The molecule has 4 aromatic heterocycles. The molecule has 13 nitrogen and oxygen atoms in total. The van der Waals surface area contributed by atoms with Gasteiger partial charge in [-0.1, -0.05) is 0 Å². The highest BCUT2D eigenvalue weighted by molar-refractivity contribution is 5.69. The van der Waals surface area contributed by atoms with Crippen LogP contribution in [-0.4, -0.2) is 64.6 Å². The number of carbonyl (C=O) groups is 1. The van der Waals surface area contributed by atoms with E-state index in [1.807, 2.05) is 19.2 Å². The van der Waals surface area contributed by atoms with Crippen molar-refractivity contribution >= 4 is 23.5 Å². The summed E-state index contributed by atoms with van der Waals surface area (Å²) in [6.07, 6.45) is 5.41. The number of aryl methyl sites for hydroxylation is 1. The van der Waals surface area contributed by atoms with Crippen molar-refractivity contribution in [1.29, 1.82) is 5.26 Å². The van der Waals surface area contributed by atoms with Gasteiger partial charge >= 0.3 is 6.09 Å². The van der Waals surface area contributed by atoms with Gasteiger partial charge in [-0.25, -0.2) is 24.1 Å². The largest absolute Gasteiger partial charge is 0.441 e. The summed E-state index contributed by atoms with van der Waals surface area (Å²) in [7, 11) is 0. The molecule has 4 fully saturated rings. The van der Waals surface area contributed by atoms with E-state index in [2.05, 4.69) is 35.8 Å². The van der Waals surface area contributed by atoms with Crippen molar-refractivity contribution in [1.82, 2.24) is 39.4 Å². The maximum Gasteiger partial charge on any atom is 0.408 e. The molecule has 2 bridgehead atoms. The second-order valence-electron chi connectivity index (χ2n) is 10.2. The van der Waals surface area contributed by atoms with Gasteiger partial charge in [0.25, 0.3) is 0 Å². The van der Waals surface area contributed by atoms with Crippen molar-refractivity contribution in [2.75, 3.05) is 11.9 Å². The van der Waals surface area contributed by atoms with Crippen LogP contribution in [0.4, 0.5) is 21.0 Å². The molecule has 1 amide bonds. The number of alkyl carbamates (subject to hydrolysis) is 1. The fourth-order valence-electron chi connectivity index (χ4n) is 5.46. The number of nitriles is 1. The molecule has 3 atom stereocenters. The summed E-state index contributed by atoms with van der Waals surface area (Å²) in [5.74, 6) is 1.41. The quantitative estimate of drug-likeness (QED) is 0.349. The third-order valence-electron chi connectivity index (χ3n) is 7.47. The molecule has 0 radical (unpaired) electrons. The number of aromatic amines is 1. The number of aromatic nitrogens is 7. The molecule has 8 rings (SSSR count). The number of alkyl halides is 1. The first-order valence-electron chi connectivity index (χ1n) is 12.3. The van der Waals surface area contributed by atoms with E-state index in [-0.39, 0.29) is 17.8 Å². The van der Waals surface area contributed by atoms with Crippen molar-refractivity contribution in [3.8, 4) is 11.8 Å². The number of halogens is 1. The number of ether oxygens (including phenoxy) is 2. The highest BCUT2D eigenvalue weighted by atomic mass is 19.1. The van der Waals surface area contributed by atoms with Gasteiger partial charge in [-0.3, -0.25) is 9.50 Å². The Labute approximate surface area is 215 Å². The summed E-state index contributed by atoms with van der Waals surface area (Å²) in [5, 5.41) is 22.3. The van der Waals surface area contributed by atoms with Gasteiger partial charge in [0.15, 0.2) is 29.4 Å². The lowest BCUT2D eigenvalue weighted by Crippen LogP contribution is -2.68. The summed E-state index contributed by atoms with van der Waals surface area (Å²) in [4.78, 5) is 25.4. The summed E-state index contributed by atoms with van der Waals surface area (Å²) in [6, 6.07) is 3.64. The third-order valence-corrected chi connectivity index (χ3v) is 7.47. The van der Waals surface area contributed by atoms with Crippen LogP contribution in [0.3, 0.4) is 0 Å². The van der Waals surface area contributed by atoms with Gasteiger partial charge < -0.3 is 24.7 Å². The summed E-state index contributed by atoms with van der Waals surface area (Å²) >= 11 is 0. The zero-order chi connectivity index (χ0) is 26.0. The topological polar surface area (TPSA) is 160 Å². The summed E-state index contributed by atoms with van der Waals surface area (Å²) in [6.45, 7) is 1.81. The Morgan fingerprint density at radius 2 is 2.18 bits per heavy atom. The van der Waals surface area contributed by atoms with Gasteiger partial charge in [0, 0.05) is 17.8 Å². The normalized spacial score (nSPS) is 27.4. The van der Waals surface area contributed by atoms with Gasteiger partial charge in [-0.2, -0.15) is 10.4 Å². The monoisotopic (exact) mass is 518 g/mol. The first kappa shape index (κ1) is 22.7. The van der Waals surface area contributed by atoms with Crippen LogP contribution >= 0.6 is 0 Å². The van der Waals surface area contributed by atoms with Crippen molar-refractivity contribution in [2.45, 2.75) is 50.1 Å². The lowest BCUT2D eigenvalue weighted by atomic mass is 9.50. The molecule has 4 aromatic rings. The highest BCUT2D eigenvalue weighted by Gasteiger charge is 2.58. The number of rotatable bonds is 6. The molecule has 3 N–H and O–H groups in total. The van der Waals surface area contributed by atoms with Crippen LogP contribution in [0.5, 0.6) is 0 Å². The lowest BCUT2D eigenvalue weighted by Gasteiger charge is -2.61. The zero-order valence-corrected chi connectivity index (χ0v) is 20.3. The maximum absolute atomic E-state index is 15.2. The van der Waals surface area contributed by atoms with E-state index in [0.29, 0.717) is 34.7 Å². The molecular formula is C24H23FN10O3. The molecule has 1 saturated heterocycles. The first-order chi connectivity index (χ1) is 18.4. The minimum Gasteiger partial charge on any atom is -0.441 e. The Bertz CT molecular complexity index is 1590. The average Bonchev–Trinajstić information content (AvgIpc) is 3.64. The van der Waals surface area contributed by atoms with Crippen molar-refractivity contribution in [3.63, 3.8) is 0 Å². The van der Waals surface area contributed by atoms with E-state index in [4.69, 9.17) is 9.47 Å². The summed E-state index contributed by atoms with van der Waals surface area (Å²) < 4.78 is 29.5. The van der Waals surface area contributed by atoms with Crippen LogP contribution in [0.25, 0.3) is 11.3 Å². The SMILES string of the molecule is Cc1cn(-c2cnc(Nc3cc([C@@H]4OC[C@H](OC(=O)NC56CC(C5)C6)[C@H]4F)[nH]n3)n3cc(C#N)nc23)cn1. The van der Waals surface area contributed by atoms with E-state index in [1.165, 1.54) is 0 Å². The molecule has 194 valence electrons. The highest BCUT2D eigenvalue weighted by Crippen LogP contribution is 2.57. The van der Waals surface area contributed by atoms with E-state index in [9.17, 15) is 10.1 Å². The van der Waals surface area contributed by atoms with Gasteiger partial charge in [0.1, 0.15) is 17.9 Å². The van der Waals surface area contributed by atoms with Crippen LogP contribution in [-0.2, 0) is 9.47 Å². The molecule has 0 unspecified atom stereocenters. The Kier molecular flexibility index (Phi) is 4.92. The van der Waals surface area contributed by atoms with E-state index < -0.39 is 24.5 Å². The van der Waals surface area contributed by atoms with Crippen molar-refractivity contribution in [3.05, 3.63) is 48.1 Å². The predicted octanol–water partition coefficient (Wildman–Crippen LogP) is 2.62. The molecule has 5 heterocycles. The number of H-pyrrole nitrogens is 1. The minimum absolute atomic E-state index is 0.0556. The average molecular weight is 519 g/mol. The molecule has 3 saturated carbocycles. The van der Waals surface area contributed by atoms with Crippen molar-refractivity contribution in [2.24, 2.45) is 5.92 Å². The third kappa shape index (κ3) is 3.66. The number of amides is 1. The summed E-state index contributed by atoms with van der Waals surface area (Å²) in [5.41, 5.74) is 2.41. The Morgan fingerprint density at radius 3 is 2.89 bits per heavy atom.